The van der Waals surface area contributed by atoms with Crippen LogP contribution in [0.4, 0.5) is 5.69 Å². The summed E-state index contributed by atoms with van der Waals surface area (Å²) in [4.78, 5) is 15.5. The third kappa shape index (κ3) is 2.73. The molecule has 0 aliphatic heterocycles. The maximum absolute atomic E-state index is 11.7. The zero-order valence-corrected chi connectivity index (χ0v) is 8.66. The van der Waals surface area contributed by atoms with Crippen LogP contribution in [-0.2, 0) is 0 Å². The zero-order valence-electron chi connectivity index (χ0n) is 8.66. The second-order valence-corrected chi connectivity index (χ2v) is 4.17. The van der Waals surface area contributed by atoms with Crippen molar-refractivity contribution in [2.75, 3.05) is 5.73 Å². The summed E-state index contributed by atoms with van der Waals surface area (Å²) in [6.07, 6.45) is 3.02. The van der Waals surface area contributed by atoms with Crippen molar-refractivity contribution in [1.82, 2.24) is 10.3 Å². The van der Waals surface area contributed by atoms with E-state index < -0.39 is 0 Å². The molecule has 0 aromatic carbocycles. The number of aromatic nitrogens is 1. The minimum atomic E-state index is -0.257. The molecule has 0 radical (unpaired) electrons. The van der Waals surface area contributed by atoms with Crippen LogP contribution in [0.5, 0.6) is 0 Å². The van der Waals surface area contributed by atoms with Crippen molar-refractivity contribution in [2.24, 2.45) is 0 Å². The average Bonchev–Trinajstić information content (AvgIpc) is 2.01. The third-order valence-electron chi connectivity index (χ3n) is 1.59. The van der Waals surface area contributed by atoms with Crippen molar-refractivity contribution >= 4 is 11.6 Å². The van der Waals surface area contributed by atoms with Crippen molar-refractivity contribution in [3.05, 3.63) is 24.0 Å². The zero-order chi connectivity index (χ0) is 10.8. The molecule has 1 rings (SSSR count). The average molecular weight is 193 g/mol. The first-order valence-electron chi connectivity index (χ1n) is 4.42. The molecule has 0 unspecified atom stereocenters. The molecule has 4 heteroatoms. The van der Waals surface area contributed by atoms with Crippen molar-refractivity contribution in [3.63, 3.8) is 0 Å². The quantitative estimate of drug-likeness (QED) is 0.704. The van der Waals surface area contributed by atoms with Gasteiger partial charge in [0.1, 0.15) is 0 Å². The van der Waals surface area contributed by atoms with Gasteiger partial charge in [0.2, 0.25) is 0 Å². The summed E-state index contributed by atoms with van der Waals surface area (Å²) in [7, 11) is 0. The van der Waals surface area contributed by atoms with Crippen LogP contribution in [0.3, 0.4) is 0 Å². The van der Waals surface area contributed by atoms with E-state index in [2.05, 4.69) is 10.3 Å². The number of hydrogen-bond donors (Lipinski definition) is 2. The molecule has 0 aliphatic carbocycles. The monoisotopic (exact) mass is 193 g/mol. The smallest absolute Gasteiger partial charge is 0.253 e. The number of carbonyl (C=O) groups excluding carboxylic acids is 1. The molecular formula is C10H15N3O. The fourth-order valence-electron chi connectivity index (χ4n) is 1.02. The second-order valence-electron chi connectivity index (χ2n) is 4.17. The Hall–Kier alpha value is -1.58. The van der Waals surface area contributed by atoms with Crippen molar-refractivity contribution in [1.29, 1.82) is 0 Å². The number of nitrogens with two attached hydrogens (primary N) is 1. The van der Waals surface area contributed by atoms with E-state index in [1.807, 2.05) is 20.8 Å². The molecule has 1 amide bonds. The fourth-order valence-corrected chi connectivity index (χ4v) is 1.02. The molecule has 0 atom stereocenters. The minimum absolute atomic E-state index is 0.169. The summed E-state index contributed by atoms with van der Waals surface area (Å²) in [6, 6.07) is 1.61. The number of rotatable bonds is 1. The maximum Gasteiger partial charge on any atom is 0.253 e. The number of amides is 1. The van der Waals surface area contributed by atoms with E-state index in [-0.39, 0.29) is 11.4 Å². The van der Waals surface area contributed by atoms with Crippen molar-refractivity contribution in [2.45, 2.75) is 26.3 Å². The van der Waals surface area contributed by atoms with E-state index in [0.29, 0.717) is 11.3 Å². The highest BCUT2D eigenvalue weighted by Crippen LogP contribution is 2.10. The maximum atomic E-state index is 11.7. The lowest BCUT2D eigenvalue weighted by atomic mass is 10.1. The molecule has 14 heavy (non-hydrogen) atoms. The number of nitrogens with zero attached hydrogens (tertiary/aromatic N) is 1. The van der Waals surface area contributed by atoms with Crippen LogP contribution >= 0.6 is 0 Å². The minimum Gasteiger partial charge on any atom is -0.397 e. The van der Waals surface area contributed by atoms with Crippen molar-refractivity contribution in [3.8, 4) is 0 Å². The molecule has 1 aromatic rings. The molecule has 0 aliphatic rings. The Bertz CT molecular complexity index is 341. The van der Waals surface area contributed by atoms with Gasteiger partial charge in [0.15, 0.2) is 0 Å². The lowest BCUT2D eigenvalue weighted by molar-refractivity contribution is 0.0920. The van der Waals surface area contributed by atoms with Gasteiger partial charge in [-0.3, -0.25) is 9.78 Å². The Morgan fingerprint density at radius 2 is 2.14 bits per heavy atom. The predicted octanol–water partition coefficient (Wildman–Crippen LogP) is 1.19. The van der Waals surface area contributed by atoms with Gasteiger partial charge in [-0.1, -0.05) is 0 Å². The number of hydrogen-bond acceptors (Lipinski definition) is 3. The van der Waals surface area contributed by atoms with E-state index in [1.165, 1.54) is 6.20 Å². The van der Waals surface area contributed by atoms with Crippen LogP contribution in [-0.4, -0.2) is 16.4 Å². The fraction of sp³-hybridized carbons (Fsp3) is 0.400. The van der Waals surface area contributed by atoms with E-state index >= 15 is 0 Å². The number of nitrogens with one attached hydrogen (secondary N) is 1. The van der Waals surface area contributed by atoms with Crippen LogP contribution in [0.2, 0.25) is 0 Å². The Kier molecular flexibility index (Phi) is 2.74. The van der Waals surface area contributed by atoms with Gasteiger partial charge in [-0.25, -0.2) is 0 Å². The topological polar surface area (TPSA) is 68.0 Å². The van der Waals surface area contributed by atoms with Crippen LogP contribution in [0.1, 0.15) is 31.1 Å². The van der Waals surface area contributed by atoms with Crippen molar-refractivity contribution < 1.29 is 4.79 Å². The highest BCUT2D eigenvalue weighted by molar-refractivity contribution is 5.99. The first-order valence-corrected chi connectivity index (χ1v) is 4.42. The molecule has 0 saturated carbocycles. The highest BCUT2D eigenvalue weighted by atomic mass is 16.1. The summed E-state index contributed by atoms with van der Waals surface area (Å²) in [6.45, 7) is 5.76. The number of pyridine rings is 1. The van der Waals surface area contributed by atoms with Gasteiger partial charge >= 0.3 is 0 Å². The Labute approximate surface area is 83.5 Å². The van der Waals surface area contributed by atoms with E-state index in [9.17, 15) is 4.79 Å². The van der Waals surface area contributed by atoms with Gasteiger partial charge in [-0.15, -0.1) is 0 Å². The number of nitrogen functional groups attached to an aromatic ring is 1. The number of anilines is 1. The van der Waals surface area contributed by atoms with Crippen LogP contribution in [0, 0.1) is 0 Å². The van der Waals surface area contributed by atoms with Crippen LogP contribution in [0.25, 0.3) is 0 Å². The van der Waals surface area contributed by atoms with Gasteiger partial charge in [0.25, 0.3) is 5.91 Å². The molecular weight excluding hydrogens is 178 g/mol. The summed E-state index contributed by atoms with van der Waals surface area (Å²) in [5.74, 6) is -0.169. The molecule has 0 bridgehead atoms. The SMILES string of the molecule is CC(C)(C)NC(=O)c1ccncc1N. The van der Waals surface area contributed by atoms with Gasteiger partial charge in [0, 0.05) is 11.7 Å². The molecule has 76 valence electrons. The van der Waals surface area contributed by atoms with E-state index in [1.54, 1.807) is 12.3 Å². The number of carbonyl (C=O) groups is 1. The van der Waals surface area contributed by atoms with Gasteiger partial charge < -0.3 is 11.1 Å². The lowest BCUT2D eigenvalue weighted by Gasteiger charge is -2.20. The van der Waals surface area contributed by atoms with Gasteiger partial charge in [-0.05, 0) is 26.8 Å². The van der Waals surface area contributed by atoms with E-state index in [4.69, 9.17) is 5.73 Å². The molecule has 1 aromatic heterocycles. The largest absolute Gasteiger partial charge is 0.397 e. The Morgan fingerprint density at radius 3 is 2.64 bits per heavy atom. The summed E-state index contributed by atoms with van der Waals surface area (Å²) < 4.78 is 0. The van der Waals surface area contributed by atoms with E-state index in [0.717, 1.165) is 0 Å². The standard InChI is InChI=1S/C10H15N3O/c1-10(2,3)13-9(14)7-4-5-12-6-8(7)11/h4-6H,11H2,1-3H3,(H,13,14). The molecule has 0 spiro atoms. The molecule has 0 fully saturated rings. The highest BCUT2D eigenvalue weighted by Gasteiger charge is 2.16. The predicted molar refractivity (Wildman–Crippen MR) is 55.9 cm³/mol. The van der Waals surface area contributed by atoms with Gasteiger partial charge in [0.05, 0.1) is 17.4 Å². The first kappa shape index (κ1) is 10.5. The molecule has 1 heterocycles. The summed E-state index contributed by atoms with van der Waals surface area (Å²) >= 11 is 0. The molecule has 3 N–H and O–H groups in total. The summed E-state index contributed by atoms with van der Waals surface area (Å²) in [5, 5.41) is 2.83. The van der Waals surface area contributed by atoms with Crippen LogP contribution in [0.15, 0.2) is 18.5 Å². The summed E-state index contributed by atoms with van der Waals surface area (Å²) in [5.41, 5.74) is 6.22. The second kappa shape index (κ2) is 3.65. The lowest BCUT2D eigenvalue weighted by Crippen LogP contribution is -2.40. The third-order valence-corrected chi connectivity index (χ3v) is 1.59. The first-order chi connectivity index (χ1) is 6.40. The van der Waals surface area contributed by atoms with Crippen LogP contribution < -0.4 is 11.1 Å². The Balaban J connectivity index is 2.86. The molecule has 4 nitrogen and oxygen atoms in total. The molecule has 0 saturated heterocycles. The Morgan fingerprint density at radius 1 is 1.50 bits per heavy atom. The van der Waals surface area contributed by atoms with Gasteiger partial charge in [-0.2, -0.15) is 0 Å². The normalized spacial score (nSPS) is 11.1.